The molecule has 1 aliphatic rings. The highest BCUT2D eigenvalue weighted by Gasteiger charge is 2.23. The van der Waals surface area contributed by atoms with Gasteiger partial charge in [-0.2, -0.15) is 0 Å². The van der Waals surface area contributed by atoms with Gasteiger partial charge in [-0.25, -0.2) is 14.3 Å². The minimum Gasteiger partial charge on any atom is -0.411 e. The molecule has 0 saturated carbocycles. The number of fused-ring (bicyclic) bond motifs is 2. The van der Waals surface area contributed by atoms with Crippen LogP contribution in [0, 0.1) is 0 Å². The van der Waals surface area contributed by atoms with Gasteiger partial charge in [0.1, 0.15) is 5.69 Å². The topological polar surface area (TPSA) is 76.9 Å². The zero-order chi connectivity index (χ0) is 28.0. The Hall–Kier alpha value is -4.05. The first kappa shape index (κ1) is 27.1. The van der Waals surface area contributed by atoms with Gasteiger partial charge in [0.15, 0.2) is 0 Å². The number of aromatic nitrogens is 2. The van der Waals surface area contributed by atoms with E-state index >= 15 is 0 Å². The molecular formula is C32H32N4O4S. The van der Waals surface area contributed by atoms with Crippen molar-refractivity contribution >= 4 is 44.0 Å². The molecule has 0 radical (unpaired) electrons. The maximum Gasteiger partial charge on any atom is 0.360 e. The highest BCUT2D eigenvalue weighted by Crippen LogP contribution is 2.31. The van der Waals surface area contributed by atoms with Gasteiger partial charge in [0.2, 0.25) is 0 Å². The van der Waals surface area contributed by atoms with Gasteiger partial charge < -0.3 is 14.4 Å². The van der Waals surface area contributed by atoms with E-state index < -0.39 is 12.4 Å². The molecule has 1 saturated heterocycles. The van der Waals surface area contributed by atoms with Crippen LogP contribution in [-0.2, 0) is 9.47 Å². The van der Waals surface area contributed by atoms with Gasteiger partial charge >= 0.3 is 5.97 Å². The molecular weight excluding hydrogens is 536 g/mol. The molecule has 1 unspecified atom stereocenters. The van der Waals surface area contributed by atoms with Gasteiger partial charge in [0.25, 0.3) is 12.0 Å². The number of benzene rings is 2. The molecule has 6 rings (SSSR count). The lowest BCUT2D eigenvalue weighted by Crippen LogP contribution is -2.46. The number of para-hydroxylation sites is 1. The molecule has 1 aliphatic heterocycles. The van der Waals surface area contributed by atoms with E-state index in [1.54, 1.807) is 35.6 Å². The highest BCUT2D eigenvalue weighted by atomic mass is 32.1. The number of unbranched alkanes of at least 4 members (excludes halogenated alkanes) is 1. The number of nitrogens with zero attached hydrogens (tertiary/aromatic N) is 4. The van der Waals surface area contributed by atoms with Crippen LogP contribution in [0.2, 0.25) is 0 Å². The number of hydrogen-bond donors (Lipinski definition) is 0. The summed E-state index contributed by atoms with van der Waals surface area (Å²) in [4.78, 5) is 34.9. The molecule has 0 N–H and O–H groups in total. The van der Waals surface area contributed by atoms with Crippen LogP contribution in [0.5, 0.6) is 0 Å². The van der Waals surface area contributed by atoms with Gasteiger partial charge in [-0.3, -0.25) is 9.69 Å². The SMILES string of the molecule is O=C(OC(OCCCCN1CCN(c2cccc3sccc23)CC1)n1c(=O)ccc2ccccc21)c1ccccn1. The molecule has 0 aliphatic carbocycles. The number of esters is 1. The van der Waals surface area contributed by atoms with Crippen molar-refractivity contribution in [2.24, 2.45) is 0 Å². The first-order valence-electron chi connectivity index (χ1n) is 13.9. The van der Waals surface area contributed by atoms with Crippen LogP contribution >= 0.6 is 11.3 Å². The Kier molecular flexibility index (Phi) is 8.36. The molecule has 9 heteroatoms. The van der Waals surface area contributed by atoms with E-state index in [0.29, 0.717) is 12.1 Å². The Morgan fingerprint density at radius 3 is 2.61 bits per heavy atom. The summed E-state index contributed by atoms with van der Waals surface area (Å²) in [7, 11) is 0. The van der Waals surface area contributed by atoms with Crippen molar-refractivity contribution in [2.45, 2.75) is 19.3 Å². The second kappa shape index (κ2) is 12.6. The number of piperazine rings is 1. The number of rotatable bonds is 10. The maximum absolute atomic E-state index is 12.9. The molecule has 2 aromatic carbocycles. The normalized spacial score (nSPS) is 14.9. The Morgan fingerprint density at radius 1 is 0.902 bits per heavy atom. The van der Waals surface area contributed by atoms with Gasteiger partial charge in [-0.1, -0.05) is 30.3 Å². The zero-order valence-electron chi connectivity index (χ0n) is 22.7. The van der Waals surface area contributed by atoms with E-state index in [0.717, 1.165) is 51.0 Å². The molecule has 3 aromatic heterocycles. The second-order valence-corrected chi connectivity index (χ2v) is 11.0. The quantitative estimate of drug-likeness (QED) is 0.124. The van der Waals surface area contributed by atoms with Gasteiger partial charge in [-0.15, -0.1) is 11.3 Å². The molecule has 41 heavy (non-hydrogen) atoms. The maximum atomic E-state index is 12.9. The molecule has 4 heterocycles. The summed E-state index contributed by atoms with van der Waals surface area (Å²) in [5.41, 5.74) is 1.81. The molecule has 1 fully saturated rings. The van der Waals surface area contributed by atoms with Crippen LogP contribution < -0.4 is 10.5 Å². The van der Waals surface area contributed by atoms with Crippen molar-refractivity contribution in [1.82, 2.24) is 14.5 Å². The molecule has 8 nitrogen and oxygen atoms in total. The van der Waals surface area contributed by atoms with E-state index in [1.807, 2.05) is 24.3 Å². The third kappa shape index (κ3) is 6.17. The lowest BCUT2D eigenvalue weighted by Gasteiger charge is -2.36. The molecule has 210 valence electrons. The number of ether oxygens (including phenoxy) is 2. The van der Waals surface area contributed by atoms with Crippen molar-refractivity contribution in [2.75, 3.05) is 44.2 Å². The van der Waals surface area contributed by atoms with E-state index in [9.17, 15) is 9.59 Å². The lowest BCUT2D eigenvalue weighted by atomic mass is 10.2. The van der Waals surface area contributed by atoms with E-state index in [1.165, 1.54) is 32.6 Å². The minimum absolute atomic E-state index is 0.156. The van der Waals surface area contributed by atoms with Gasteiger partial charge in [0, 0.05) is 54.2 Å². The molecule has 0 amide bonds. The van der Waals surface area contributed by atoms with E-state index in [4.69, 9.17) is 9.47 Å². The standard InChI is InChI=1S/C32H32N4O4S/c37-30-14-13-24-8-1-2-10-27(24)36(30)32(40-31(38)26-9-3-4-16-33-26)39-22-6-5-17-34-18-20-35(21-19-34)28-11-7-12-29-25(28)15-23-41-29/h1-4,7-16,23,32H,5-6,17-22H2. The Bertz CT molecular complexity index is 1680. The summed E-state index contributed by atoms with van der Waals surface area (Å²) in [6.45, 7) is 5.33. The van der Waals surface area contributed by atoms with Crippen LogP contribution in [-0.4, -0.2) is 59.8 Å². The van der Waals surface area contributed by atoms with Crippen molar-refractivity contribution in [3.63, 3.8) is 0 Å². The minimum atomic E-state index is -1.20. The highest BCUT2D eigenvalue weighted by molar-refractivity contribution is 7.17. The van der Waals surface area contributed by atoms with Gasteiger partial charge in [-0.05, 0) is 72.6 Å². The summed E-state index contributed by atoms with van der Waals surface area (Å²) in [5, 5.41) is 4.35. The Labute approximate surface area is 242 Å². The first-order valence-corrected chi connectivity index (χ1v) is 14.8. The third-order valence-corrected chi connectivity index (χ3v) is 8.33. The summed E-state index contributed by atoms with van der Waals surface area (Å²) in [6.07, 6.45) is 2.03. The Balaban J connectivity index is 1.05. The Morgan fingerprint density at radius 2 is 1.76 bits per heavy atom. The molecule has 1 atom stereocenters. The summed E-state index contributed by atoms with van der Waals surface area (Å²) >= 11 is 1.79. The van der Waals surface area contributed by atoms with Crippen molar-refractivity contribution < 1.29 is 14.3 Å². The number of pyridine rings is 2. The van der Waals surface area contributed by atoms with E-state index in [2.05, 4.69) is 44.4 Å². The van der Waals surface area contributed by atoms with Crippen LogP contribution in [0.4, 0.5) is 5.69 Å². The van der Waals surface area contributed by atoms with Crippen LogP contribution in [0.15, 0.2) is 95.2 Å². The summed E-state index contributed by atoms with van der Waals surface area (Å²) in [5.74, 6) is -0.647. The van der Waals surface area contributed by atoms with Crippen molar-refractivity contribution in [1.29, 1.82) is 0 Å². The van der Waals surface area contributed by atoms with Crippen LogP contribution in [0.1, 0.15) is 29.7 Å². The number of thiophene rings is 1. The average molecular weight is 569 g/mol. The van der Waals surface area contributed by atoms with E-state index in [-0.39, 0.29) is 11.3 Å². The van der Waals surface area contributed by atoms with Crippen molar-refractivity contribution in [3.8, 4) is 0 Å². The fourth-order valence-corrected chi connectivity index (χ4v) is 6.12. The fourth-order valence-electron chi connectivity index (χ4n) is 5.31. The molecule has 0 bridgehead atoms. The zero-order valence-corrected chi connectivity index (χ0v) is 23.5. The lowest BCUT2D eigenvalue weighted by molar-refractivity contribution is -0.158. The smallest absolute Gasteiger partial charge is 0.360 e. The molecule has 5 aromatic rings. The number of carbonyl (C=O) groups excluding carboxylic acids is 1. The predicted octanol–water partition coefficient (Wildman–Crippen LogP) is 5.54. The molecule has 0 spiro atoms. The van der Waals surface area contributed by atoms with Crippen LogP contribution in [0.25, 0.3) is 21.0 Å². The predicted molar refractivity (Wildman–Crippen MR) is 163 cm³/mol. The number of carbonyl (C=O) groups is 1. The van der Waals surface area contributed by atoms with Crippen LogP contribution in [0.3, 0.4) is 0 Å². The third-order valence-electron chi connectivity index (χ3n) is 7.45. The second-order valence-electron chi connectivity index (χ2n) is 10.0. The summed E-state index contributed by atoms with van der Waals surface area (Å²) in [6, 6.07) is 24.5. The van der Waals surface area contributed by atoms with Crippen molar-refractivity contribution in [3.05, 3.63) is 106 Å². The summed E-state index contributed by atoms with van der Waals surface area (Å²) < 4.78 is 14.5. The first-order chi connectivity index (χ1) is 20.2. The van der Waals surface area contributed by atoms with Gasteiger partial charge in [0.05, 0.1) is 12.1 Å². The fraction of sp³-hybridized carbons (Fsp3) is 0.281. The number of hydrogen-bond acceptors (Lipinski definition) is 8. The number of anilines is 1. The largest absolute Gasteiger partial charge is 0.411 e. The monoisotopic (exact) mass is 568 g/mol. The average Bonchev–Trinajstić information content (AvgIpc) is 3.50.